The van der Waals surface area contributed by atoms with Gasteiger partial charge in [-0.15, -0.1) is 0 Å². The monoisotopic (exact) mass is 237 g/mol. The molecule has 2 aliphatic rings. The minimum atomic E-state index is 0.421. The molecule has 0 amide bonds. The smallest absolute Gasteiger partial charge is 0.0106 e. The molecule has 2 fully saturated rings. The van der Waals surface area contributed by atoms with Gasteiger partial charge in [-0.3, -0.25) is 0 Å². The van der Waals surface area contributed by atoms with Crippen LogP contribution in [0.5, 0.6) is 0 Å². The predicted octanol–water partition coefficient (Wildman–Crippen LogP) is 4.07. The zero-order valence-electron chi connectivity index (χ0n) is 12.6. The molecule has 2 N–H and O–H groups in total. The second kappa shape index (κ2) is 3.98. The summed E-state index contributed by atoms with van der Waals surface area (Å²) < 4.78 is 0. The second-order valence-corrected chi connectivity index (χ2v) is 8.18. The summed E-state index contributed by atoms with van der Waals surface area (Å²) >= 11 is 0. The predicted molar refractivity (Wildman–Crippen MR) is 74.7 cm³/mol. The van der Waals surface area contributed by atoms with Crippen molar-refractivity contribution in [1.29, 1.82) is 0 Å². The molecule has 0 radical (unpaired) electrons. The third-order valence-corrected chi connectivity index (χ3v) is 6.28. The highest BCUT2D eigenvalue weighted by Gasteiger charge is 2.67. The molecule has 0 aromatic rings. The summed E-state index contributed by atoms with van der Waals surface area (Å²) in [5.41, 5.74) is 7.51. The van der Waals surface area contributed by atoms with Crippen molar-refractivity contribution in [2.75, 3.05) is 0 Å². The summed E-state index contributed by atoms with van der Waals surface area (Å²) in [6, 6.07) is 0.421. The number of nitrogens with two attached hydrogens (primary N) is 1. The van der Waals surface area contributed by atoms with Gasteiger partial charge in [-0.05, 0) is 53.8 Å². The van der Waals surface area contributed by atoms with Crippen molar-refractivity contribution in [1.82, 2.24) is 0 Å². The van der Waals surface area contributed by atoms with E-state index < -0.39 is 0 Å². The minimum absolute atomic E-state index is 0.421. The first-order chi connectivity index (χ1) is 7.68. The first-order valence-electron chi connectivity index (χ1n) is 7.43. The Kier molecular flexibility index (Phi) is 3.14. The van der Waals surface area contributed by atoms with Gasteiger partial charge in [0.1, 0.15) is 0 Å². The molecule has 2 aliphatic carbocycles. The van der Waals surface area contributed by atoms with E-state index in [1.807, 2.05) is 0 Å². The van der Waals surface area contributed by atoms with E-state index in [2.05, 4.69) is 41.5 Å². The van der Waals surface area contributed by atoms with Gasteiger partial charge in [0.05, 0.1) is 0 Å². The molecule has 0 aromatic heterocycles. The lowest BCUT2D eigenvalue weighted by Crippen LogP contribution is -2.38. The van der Waals surface area contributed by atoms with Crippen molar-refractivity contribution >= 4 is 0 Å². The van der Waals surface area contributed by atoms with E-state index in [1.54, 1.807) is 0 Å². The molecule has 100 valence electrons. The number of hydrogen-bond acceptors (Lipinski definition) is 1. The maximum absolute atomic E-state index is 6.63. The van der Waals surface area contributed by atoms with Crippen LogP contribution in [0.25, 0.3) is 0 Å². The van der Waals surface area contributed by atoms with Crippen molar-refractivity contribution < 1.29 is 0 Å². The van der Waals surface area contributed by atoms with E-state index >= 15 is 0 Å². The topological polar surface area (TPSA) is 26.0 Å². The van der Waals surface area contributed by atoms with Crippen LogP contribution in [0.1, 0.15) is 60.8 Å². The minimum Gasteiger partial charge on any atom is -0.327 e. The van der Waals surface area contributed by atoms with E-state index in [0.29, 0.717) is 16.9 Å². The van der Waals surface area contributed by atoms with Crippen molar-refractivity contribution in [2.45, 2.75) is 66.8 Å². The van der Waals surface area contributed by atoms with Gasteiger partial charge in [0, 0.05) is 6.04 Å². The standard InChI is InChI=1S/C16H31N/c1-10-7-11(2)9-12(8-10)13(17)14-15(3,4)16(14,5)6/h10-14H,7-9,17H2,1-6H3. The lowest BCUT2D eigenvalue weighted by atomic mass is 9.72. The van der Waals surface area contributed by atoms with Crippen molar-refractivity contribution in [3.8, 4) is 0 Å². The van der Waals surface area contributed by atoms with E-state index in [-0.39, 0.29) is 0 Å². The van der Waals surface area contributed by atoms with Crippen LogP contribution >= 0.6 is 0 Å². The summed E-state index contributed by atoms with van der Waals surface area (Å²) in [6.07, 6.45) is 4.11. The molecule has 17 heavy (non-hydrogen) atoms. The van der Waals surface area contributed by atoms with E-state index in [0.717, 1.165) is 23.7 Å². The van der Waals surface area contributed by atoms with Gasteiger partial charge in [-0.25, -0.2) is 0 Å². The molecule has 1 heteroatoms. The first-order valence-corrected chi connectivity index (χ1v) is 7.43. The fraction of sp³-hybridized carbons (Fsp3) is 1.00. The molecule has 0 bridgehead atoms. The highest BCUT2D eigenvalue weighted by molar-refractivity contribution is 5.16. The van der Waals surface area contributed by atoms with Crippen molar-refractivity contribution in [3.63, 3.8) is 0 Å². The Labute approximate surface area is 108 Å². The normalized spacial score (nSPS) is 42.2. The van der Waals surface area contributed by atoms with Gasteiger partial charge in [0.25, 0.3) is 0 Å². The van der Waals surface area contributed by atoms with Crippen LogP contribution in [0.3, 0.4) is 0 Å². The van der Waals surface area contributed by atoms with Crippen molar-refractivity contribution in [2.24, 2.45) is 40.2 Å². The average molecular weight is 237 g/mol. The van der Waals surface area contributed by atoms with Crippen LogP contribution in [-0.2, 0) is 0 Å². The molecule has 3 atom stereocenters. The maximum atomic E-state index is 6.63. The molecule has 2 rings (SSSR count). The quantitative estimate of drug-likeness (QED) is 0.770. The third kappa shape index (κ3) is 2.05. The third-order valence-electron chi connectivity index (χ3n) is 6.28. The molecule has 3 unspecified atom stereocenters. The van der Waals surface area contributed by atoms with Crippen molar-refractivity contribution in [3.05, 3.63) is 0 Å². The van der Waals surface area contributed by atoms with Crippen LogP contribution < -0.4 is 5.73 Å². The summed E-state index contributed by atoms with van der Waals surface area (Å²) in [5, 5.41) is 0. The SMILES string of the molecule is CC1CC(C)CC(C(N)C2C(C)(C)C2(C)C)C1. The zero-order valence-corrected chi connectivity index (χ0v) is 12.6. The highest BCUT2D eigenvalue weighted by atomic mass is 14.8. The average Bonchev–Trinajstić information content (AvgIpc) is 2.54. The Bertz CT molecular complexity index is 268. The number of hydrogen-bond donors (Lipinski definition) is 1. The van der Waals surface area contributed by atoms with Crippen LogP contribution in [0.4, 0.5) is 0 Å². The molecule has 1 nitrogen and oxygen atoms in total. The highest BCUT2D eigenvalue weighted by Crippen LogP contribution is 2.70. The van der Waals surface area contributed by atoms with Gasteiger partial charge in [-0.2, -0.15) is 0 Å². The van der Waals surface area contributed by atoms with E-state index in [4.69, 9.17) is 5.73 Å². The molecule has 0 saturated heterocycles. The Hall–Kier alpha value is -0.0400. The Balaban J connectivity index is 2.04. The van der Waals surface area contributed by atoms with Gasteiger partial charge in [0.15, 0.2) is 0 Å². The van der Waals surface area contributed by atoms with Gasteiger partial charge < -0.3 is 5.73 Å². The van der Waals surface area contributed by atoms with Crippen LogP contribution in [0.15, 0.2) is 0 Å². The fourth-order valence-electron chi connectivity index (χ4n) is 4.81. The van der Waals surface area contributed by atoms with Gasteiger partial charge in [0.2, 0.25) is 0 Å². The zero-order chi connectivity index (χ0) is 13.0. The van der Waals surface area contributed by atoms with E-state index in [1.165, 1.54) is 19.3 Å². The lowest BCUT2D eigenvalue weighted by Gasteiger charge is -2.36. The lowest BCUT2D eigenvalue weighted by molar-refractivity contribution is 0.174. The fourth-order valence-corrected chi connectivity index (χ4v) is 4.81. The molecule has 0 spiro atoms. The molecular weight excluding hydrogens is 206 g/mol. The first kappa shape index (κ1) is 13.4. The summed E-state index contributed by atoms with van der Waals surface area (Å²) in [5.74, 6) is 3.23. The molecule has 0 heterocycles. The maximum Gasteiger partial charge on any atom is 0.0106 e. The summed E-state index contributed by atoms with van der Waals surface area (Å²) in [6.45, 7) is 14.4. The largest absolute Gasteiger partial charge is 0.327 e. The Morgan fingerprint density at radius 2 is 1.29 bits per heavy atom. The summed E-state index contributed by atoms with van der Waals surface area (Å²) in [7, 11) is 0. The molecule has 0 aromatic carbocycles. The van der Waals surface area contributed by atoms with Gasteiger partial charge in [-0.1, -0.05) is 41.5 Å². The summed E-state index contributed by atoms with van der Waals surface area (Å²) in [4.78, 5) is 0. The van der Waals surface area contributed by atoms with Gasteiger partial charge >= 0.3 is 0 Å². The van der Waals surface area contributed by atoms with Crippen LogP contribution in [0, 0.1) is 34.5 Å². The Morgan fingerprint density at radius 1 is 0.882 bits per heavy atom. The van der Waals surface area contributed by atoms with E-state index in [9.17, 15) is 0 Å². The Morgan fingerprint density at radius 3 is 1.65 bits per heavy atom. The number of rotatable bonds is 2. The second-order valence-electron chi connectivity index (χ2n) is 8.18. The molecule has 0 aliphatic heterocycles. The molecular formula is C16H31N. The molecule has 2 saturated carbocycles. The van der Waals surface area contributed by atoms with Crippen LogP contribution in [0.2, 0.25) is 0 Å². The van der Waals surface area contributed by atoms with Crippen LogP contribution in [-0.4, -0.2) is 6.04 Å².